The molecule has 0 aliphatic carbocycles. The molecule has 76 valence electrons. The summed E-state index contributed by atoms with van der Waals surface area (Å²) in [7, 11) is 2.51. The Balaban J connectivity index is 2.58. The lowest BCUT2D eigenvalue weighted by atomic mass is 10.00. The molecule has 0 bridgehead atoms. The van der Waals surface area contributed by atoms with E-state index in [9.17, 15) is 0 Å². The van der Waals surface area contributed by atoms with E-state index in [0.29, 0.717) is 5.92 Å². The Morgan fingerprint density at radius 3 is 2.69 bits per heavy atom. The maximum Gasteiger partial charge on any atom is 0.179 e. The van der Waals surface area contributed by atoms with Crippen LogP contribution in [0.5, 0.6) is 0 Å². The van der Waals surface area contributed by atoms with Gasteiger partial charge in [0.05, 0.1) is 12.7 Å². The van der Waals surface area contributed by atoms with E-state index >= 15 is 0 Å². The maximum atomic E-state index is 5.81. The molecule has 0 spiro atoms. The van der Waals surface area contributed by atoms with Gasteiger partial charge in [-0.05, 0) is 21.2 Å². The van der Waals surface area contributed by atoms with Crippen molar-refractivity contribution in [1.29, 1.82) is 0 Å². The lowest BCUT2D eigenvalue weighted by Gasteiger charge is -2.36. The first-order chi connectivity index (χ1) is 6.02. The number of hydrogen-bond acceptors (Lipinski definition) is 2. The SMILES string of the molecule is C=C(C)C1OC(P(C)P)OCC1C. The predicted molar refractivity (Wildman–Crippen MR) is 61.1 cm³/mol. The number of ether oxygens (including phenoxy) is 2. The van der Waals surface area contributed by atoms with Crippen molar-refractivity contribution in [2.75, 3.05) is 13.3 Å². The molecule has 1 aliphatic rings. The van der Waals surface area contributed by atoms with E-state index in [-0.39, 0.29) is 19.7 Å². The fraction of sp³-hybridized carbons (Fsp3) is 0.778. The van der Waals surface area contributed by atoms with Gasteiger partial charge in [0, 0.05) is 5.92 Å². The molecule has 0 aromatic heterocycles. The van der Waals surface area contributed by atoms with Gasteiger partial charge in [-0.3, -0.25) is 0 Å². The molecule has 1 fully saturated rings. The summed E-state index contributed by atoms with van der Waals surface area (Å²) in [6.07, 6.45) is 0.171. The van der Waals surface area contributed by atoms with Gasteiger partial charge in [0.25, 0.3) is 0 Å². The molecule has 1 aliphatic heterocycles. The zero-order valence-corrected chi connectivity index (χ0v) is 10.5. The zero-order valence-electron chi connectivity index (χ0n) is 8.49. The molecular formula is C9H18O2P2. The van der Waals surface area contributed by atoms with Gasteiger partial charge < -0.3 is 9.47 Å². The van der Waals surface area contributed by atoms with Crippen molar-refractivity contribution < 1.29 is 9.47 Å². The average Bonchev–Trinajstić information content (AvgIpc) is 2.04. The van der Waals surface area contributed by atoms with Crippen molar-refractivity contribution in [2.24, 2.45) is 5.92 Å². The summed E-state index contributed by atoms with van der Waals surface area (Å²) in [4.78, 5) is 0. The van der Waals surface area contributed by atoms with Gasteiger partial charge in [-0.15, -0.1) is 8.93 Å². The molecule has 0 aromatic rings. The lowest BCUT2D eigenvalue weighted by molar-refractivity contribution is -0.178. The molecular weight excluding hydrogens is 202 g/mol. The van der Waals surface area contributed by atoms with E-state index in [1.165, 1.54) is 0 Å². The molecule has 0 N–H and O–H groups in total. The van der Waals surface area contributed by atoms with Crippen molar-refractivity contribution in [3.63, 3.8) is 0 Å². The highest BCUT2D eigenvalue weighted by Crippen LogP contribution is 2.49. The van der Waals surface area contributed by atoms with Gasteiger partial charge in [0.15, 0.2) is 6.03 Å². The van der Waals surface area contributed by atoms with E-state index in [0.717, 1.165) is 12.2 Å². The minimum absolute atomic E-state index is 0.0297. The molecule has 4 heteroatoms. The molecule has 5 unspecified atom stereocenters. The van der Waals surface area contributed by atoms with Crippen LogP contribution in [-0.4, -0.2) is 25.4 Å². The first-order valence-corrected chi connectivity index (χ1v) is 7.90. The third kappa shape index (κ3) is 2.99. The van der Waals surface area contributed by atoms with Gasteiger partial charge in [-0.1, -0.05) is 19.1 Å². The van der Waals surface area contributed by atoms with Crippen LogP contribution in [0.4, 0.5) is 0 Å². The second-order valence-corrected chi connectivity index (χ2v) is 7.88. The molecule has 0 amide bonds. The molecule has 1 heterocycles. The highest BCUT2D eigenvalue weighted by molar-refractivity contribution is 8.13. The minimum Gasteiger partial charge on any atom is -0.348 e. The summed E-state index contributed by atoms with van der Waals surface area (Å²) in [6.45, 7) is 11.0. The Kier molecular flexibility index (Phi) is 4.32. The monoisotopic (exact) mass is 220 g/mol. The van der Waals surface area contributed by atoms with E-state index in [4.69, 9.17) is 9.47 Å². The average molecular weight is 220 g/mol. The Labute approximate surface area is 83.9 Å². The smallest absolute Gasteiger partial charge is 0.179 e. The maximum absolute atomic E-state index is 5.81. The summed E-state index contributed by atoms with van der Waals surface area (Å²) in [5.41, 5.74) is 1.10. The van der Waals surface area contributed by atoms with Crippen LogP contribution in [0, 0.1) is 5.92 Å². The largest absolute Gasteiger partial charge is 0.348 e. The Hall–Kier alpha value is 0.520. The second-order valence-electron chi connectivity index (χ2n) is 3.69. The van der Waals surface area contributed by atoms with Crippen LogP contribution in [0.1, 0.15) is 13.8 Å². The first-order valence-electron chi connectivity index (χ1n) is 4.42. The van der Waals surface area contributed by atoms with E-state index in [2.05, 4.69) is 29.1 Å². The molecule has 0 aromatic carbocycles. The van der Waals surface area contributed by atoms with Crippen LogP contribution in [0.2, 0.25) is 0 Å². The Morgan fingerprint density at radius 1 is 1.62 bits per heavy atom. The predicted octanol–water partition coefficient (Wildman–Crippen LogP) is 2.80. The minimum atomic E-state index is -0.258. The van der Waals surface area contributed by atoms with E-state index in [1.807, 2.05) is 6.92 Å². The second kappa shape index (κ2) is 4.84. The van der Waals surface area contributed by atoms with Gasteiger partial charge in [0.2, 0.25) is 0 Å². The fourth-order valence-corrected chi connectivity index (χ4v) is 2.55. The standard InChI is InChI=1S/C9H18O2P2/c1-6(2)8-7(3)5-10-9(11-8)13(4)12/h7-9H,1,5,12H2,2-4H3. The number of rotatable bonds is 2. The third-order valence-corrected chi connectivity index (χ3v) is 3.77. The van der Waals surface area contributed by atoms with Crippen molar-refractivity contribution in [3.05, 3.63) is 12.2 Å². The van der Waals surface area contributed by atoms with E-state index in [1.54, 1.807) is 0 Å². The van der Waals surface area contributed by atoms with Crippen LogP contribution in [0.25, 0.3) is 0 Å². The number of hydrogen-bond donors (Lipinski definition) is 0. The van der Waals surface area contributed by atoms with Gasteiger partial charge in [-0.2, -0.15) is 0 Å². The van der Waals surface area contributed by atoms with E-state index < -0.39 is 0 Å². The highest BCUT2D eigenvalue weighted by atomic mass is 32.0. The van der Waals surface area contributed by atoms with Crippen molar-refractivity contribution in [3.8, 4) is 0 Å². The quantitative estimate of drug-likeness (QED) is 0.526. The molecule has 5 atom stereocenters. The van der Waals surface area contributed by atoms with Gasteiger partial charge in [-0.25, -0.2) is 0 Å². The van der Waals surface area contributed by atoms with Crippen molar-refractivity contribution in [1.82, 2.24) is 0 Å². The van der Waals surface area contributed by atoms with Crippen LogP contribution >= 0.6 is 16.5 Å². The Morgan fingerprint density at radius 2 is 2.23 bits per heavy atom. The fourth-order valence-electron chi connectivity index (χ4n) is 1.44. The summed E-state index contributed by atoms with van der Waals surface area (Å²) in [5, 5.41) is 0. The third-order valence-electron chi connectivity index (χ3n) is 2.10. The Bertz CT molecular complexity index is 194. The summed E-state index contributed by atoms with van der Waals surface area (Å²) in [5.74, 6) is 0.425. The summed E-state index contributed by atoms with van der Waals surface area (Å²) in [6, 6.07) is -0.0297. The first kappa shape index (κ1) is 11.6. The summed E-state index contributed by atoms with van der Waals surface area (Å²) >= 11 is 0. The van der Waals surface area contributed by atoms with Crippen LogP contribution in [0.15, 0.2) is 12.2 Å². The summed E-state index contributed by atoms with van der Waals surface area (Å²) < 4.78 is 11.4. The van der Waals surface area contributed by atoms with Crippen LogP contribution in [-0.2, 0) is 9.47 Å². The molecule has 0 saturated carbocycles. The van der Waals surface area contributed by atoms with Gasteiger partial charge >= 0.3 is 0 Å². The topological polar surface area (TPSA) is 18.5 Å². The zero-order chi connectivity index (χ0) is 10.0. The molecule has 13 heavy (non-hydrogen) atoms. The van der Waals surface area contributed by atoms with Gasteiger partial charge in [0.1, 0.15) is 0 Å². The lowest BCUT2D eigenvalue weighted by Crippen LogP contribution is -2.37. The molecule has 2 nitrogen and oxygen atoms in total. The highest BCUT2D eigenvalue weighted by Gasteiger charge is 2.30. The molecule has 1 saturated heterocycles. The van der Waals surface area contributed by atoms with Crippen molar-refractivity contribution in [2.45, 2.75) is 26.0 Å². The van der Waals surface area contributed by atoms with Crippen LogP contribution < -0.4 is 0 Å². The molecule has 1 rings (SSSR count). The van der Waals surface area contributed by atoms with Crippen molar-refractivity contribution >= 4 is 16.5 Å². The normalized spacial score (nSPS) is 37.1. The van der Waals surface area contributed by atoms with Crippen LogP contribution in [0.3, 0.4) is 0 Å². The molecule has 0 radical (unpaired) electrons.